The molecule has 0 saturated carbocycles. The lowest BCUT2D eigenvalue weighted by atomic mass is 10.1. The van der Waals surface area contributed by atoms with Crippen molar-refractivity contribution < 1.29 is 18.7 Å². The van der Waals surface area contributed by atoms with E-state index >= 15 is 0 Å². The number of rotatable bonds is 3. The van der Waals surface area contributed by atoms with Gasteiger partial charge in [0.2, 0.25) is 0 Å². The zero-order valence-corrected chi connectivity index (χ0v) is 7.46. The monoisotopic (exact) mass is 218 g/mol. The third-order valence-electron chi connectivity index (χ3n) is 1.75. The Hall–Kier alpha value is -1.92. The van der Waals surface area contributed by atoms with Crippen LogP contribution in [0.5, 0.6) is 0 Å². The van der Waals surface area contributed by atoms with Gasteiger partial charge in [-0.2, -0.15) is 0 Å². The minimum Gasteiger partial charge on any atom is -0.481 e. The van der Waals surface area contributed by atoms with Crippen molar-refractivity contribution in [3.05, 3.63) is 27.5 Å². The molecule has 0 saturated heterocycles. The summed E-state index contributed by atoms with van der Waals surface area (Å²) in [5.74, 6) is -1.57. The summed E-state index contributed by atoms with van der Waals surface area (Å²) in [6.07, 6.45) is -3.68. The molecule has 0 amide bonds. The number of carboxylic acids is 1. The summed E-state index contributed by atoms with van der Waals surface area (Å²) < 4.78 is 24.9. The quantitative estimate of drug-likeness (QED) is 0.689. The molecule has 82 valence electrons. The predicted molar refractivity (Wildman–Crippen MR) is 47.8 cm³/mol. The Morgan fingerprint density at radius 3 is 2.67 bits per heavy atom. The number of nitrogens with two attached hydrogens (primary N) is 1. The number of anilines is 1. The minimum absolute atomic E-state index is 0.218. The zero-order chi connectivity index (χ0) is 11.6. The SMILES string of the molecule is Nc1cc(C(F)F)c(CC(=O)O)c(=O)[nH]1. The second-order valence-corrected chi connectivity index (χ2v) is 2.86. The van der Waals surface area contributed by atoms with Gasteiger partial charge < -0.3 is 15.8 Å². The van der Waals surface area contributed by atoms with E-state index in [4.69, 9.17) is 10.8 Å². The number of carboxylic acid groups (broad SMARTS) is 1. The Morgan fingerprint density at radius 1 is 1.60 bits per heavy atom. The number of halogens is 2. The number of aromatic nitrogens is 1. The molecule has 0 radical (unpaired) electrons. The summed E-state index contributed by atoms with van der Waals surface area (Å²) in [7, 11) is 0. The number of nitrogens with one attached hydrogen (secondary N) is 1. The Balaban J connectivity index is 3.33. The van der Waals surface area contributed by atoms with E-state index in [1.165, 1.54) is 0 Å². The fourth-order valence-corrected chi connectivity index (χ4v) is 1.16. The van der Waals surface area contributed by atoms with Crippen LogP contribution in [0.2, 0.25) is 0 Å². The highest BCUT2D eigenvalue weighted by Gasteiger charge is 2.18. The number of aromatic amines is 1. The standard InChI is InChI=1S/C8H8F2N2O3/c9-7(10)3-1-5(11)12-8(15)4(3)2-6(13)14/h1,7H,2H2,(H,13,14)(H3,11,12,15). The van der Waals surface area contributed by atoms with E-state index in [1.807, 2.05) is 0 Å². The molecule has 0 aromatic carbocycles. The highest BCUT2D eigenvalue weighted by atomic mass is 19.3. The molecule has 0 atom stereocenters. The molecule has 1 rings (SSSR count). The Labute approximate surface area is 82.5 Å². The van der Waals surface area contributed by atoms with Crippen LogP contribution in [0.1, 0.15) is 17.6 Å². The van der Waals surface area contributed by atoms with E-state index in [2.05, 4.69) is 4.98 Å². The summed E-state index contributed by atoms with van der Waals surface area (Å²) in [5.41, 5.74) is 3.16. The van der Waals surface area contributed by atoms with Gasteiger partial charge >= 0.3 is 5.97 Å². The molecule has 15 heavy (non-hydrogen) atoms. The lowest BCUT2D eigenvalue weighted by Crippen LogP contribution is -2.20. The molecule has 0 fully saturated rings. The van der Waals surface area contributed by atoms with Gasteiger partial charge in [-0.25, -0.2) is 8.78 Å². The van der Waals surface area contributed by atoms with E-state index in [0.29, 0.717) is 0 Å². The molecule has 0 spiro atoms. The predicted octanol–water partition coefficient (Wildman–Crippen LogP) is 0.522. The topological polar surface area (TPSA) is 96.2 Å². The molecule has 0 aliphatic heterocycles. The van der Waals surface area contributed by atoms with Crippen molar-refractivity contribution in [2.75, 3.05) is 5.73 Å². The first-order valence-electron chi connectivity index (χ1n) is 3.93. The minimum atomic E-state index is -2.93. The molecule has 0 aliphatic rings. The van der Waals surface area contributed by atoms with E-state index < -0.39 is 35.5 Å². The maximum atomic E-state index is 12.4. The van der Waals surface area contributed by atoms with Gasteiger partial charge in [-0.3, -0.25) is 9.59 Å². The molecular weight excluding hydrogens is 210 g/mol. The number of carbonyl (C=O) groups is 1. The van der Waals surface area contributed by atoms with Crippen LogP contribution in [-0.2, 0) is 11.2 Å². The first-order chi connectivity index (χ1) is 6.91. The van der Waals surface area contributed by atoms with Crippen molar-refractivity contribution in [1.29, 1.82) is 0 Å². The van der Waals surface area contributed by atoms with Gasteiger partial charge in [0.25, 0.3) is 12.0 Å². The molecule has 1 aromatic rings. The fourth-order valence-electron chi connectivity index (χ4n) is 1.16. The first-order valence-corrected chi connectivity index (χ1v) is 3.93. The third-order valence-corrected chi connectivity index (χ3v) is 1.75. The number of H-pyrrole nitrogens is 1. The van der Waals surface area contributed by atoms with Gasteiger partial charge in [0, 0.05) is 11.1 Å². The van der Waals surface area contributed by atoms with Crippen LogP contribution in [0.15, 0.2) is 10.9 Å². The number of nitrogen functional groups attached to an aromatic ring is 1. The number of aliphatic carboxylic acids is 1. The Morgan fingerprint density at radius 2 is 2.20 bits per heavy atom. The summed E-state index contributed by atoms with van der Waals surface area (Å²) in [6.45, 7) is 0. The fraction of sp³-hybridized carbons (Fsp3) is 0.250. The number of pyridine rings is 1. The van der Waals surface area contributed by atoms with E-state index in [1.54, 1.807) is 0 Å². The highest BCUT2D eigenvalue weighted by Crippen LogP contribution is 2.22. The molecule has 5 nitrogen and oxygen atoms in total. The molecule has 4 N–H and O–H groups in total. The van der Waals surface area contributed by atoms with Crippen molar-refractivity contribution in [2.24, 2.45) is 0 Å². The molecular formula is C8H8F2N2O3. The van der Waals surface area contributed by atoms with Crippen LogP contribution >= 0.6 is 0 Å². The molecule has 0 aliphatic carbocycles. The maximum absolute atomic E-state index is 12.4. The summed E-state index contributed by atoms with van der Waals surface area (Å²) in [4.78, 5) is 23.6. The molecule has 1 aromatic heterocycles. The van der Waals surface area contributed by atoms with Crippen LogP contribution in [0, 0.1) is 0 Å². The average Bonchev–Trinajstić information content (AvgIpc) is 2.08. The largest absolute Gasteiger partial charge is 0.481 e. The second-order valence-electron chi connectivity index (χ2n) is 2.86. The zero-order valence-electron chi connectivity index (χ0n) is 7.46. The summed E-state index contributed by atoms with van der Waals surface area (Å²) >= 11 is 0. The number of alkyl halides is 2. The second kappa shape index (κ2) is 4.07. The van der Waals surface area contributed by atoms with Crippen molar-refractivity contribution in [3.8, 4) is 0 Å². The maximum Gasteiger partial charge on any atom is 0.308 e. The molecule has 7 heteroatoms. The van der Waals surface area contributed by atoms with Gasteiger partial charge in [-0.05, 0) is 6.07 Å². The van der Waals surface area contributed by atoms with Crippen molar-refractivity contribution >= 4 is 11.8 Å². The van der Waals surface area contributed by atoms with Gasteiger partial charge in [0.1, 0.15) is 5.82 Å². The molecule has 0 bridgehead atoms. The van der Waals surface area contributed by atoms with Crippen molar-refractivity contribution in [3.63, 3.8) is 0 Å². The van der Waals surface area contributed by atoms with E-state index in [0.717, 1.165) is 6.07 Å². The smallest absolute Gasteiger partial charge is 0.308 e. The highest BCUT2D eigenvalue weighted by molar-refractivity contribution is 5.70. The molecule has 0 unspecified atom stereocenters. The van der Waals surface area contributed by atoms with Crippen LogP contribution in [0.4, 0.5) is 14.6 Å². The van der Waals surface area contributed by atoms with E-state index in [9.17, 15) is 18.4 Å². The lowest BCUT2D eigenvalue weighted by Gasteiger charge is -2.06. The first kappa shape index (κ1) is 11.2. The van der Waals surface area contributed by atoms with Crippen LogP contribution in [-0.4, -0.2) is 16.1 Å². The number of hydrogen-bond acceptors (Lipinski definition) is 3. The Kier molecular flexibility index (Phi) is 3.03. The van der Waals surface area contributed by atoms with Crippen LogP contribution in [0.25, 0.3) is 0 Å². The number of hydrogen-bond donors (Lipinski definition) is 3. The summed E-state index contributed by atoms with van der Waals surface area (Å²) in [6, 6.07) is 0.865. The van der Waals surface area contributed by atoms with Gasteiger partial charge in [0.15, 0.2) is 0 Å². The van der Waals surface area contributed by atoms with Gasteiger partial charge in [0.05, 0.1) is 6.42 Å². The summed E-state index contributed by atoms with van der Waals surface area (Å²) in [5, 5.41) is 8.44. The van der Waals surface area contributed by atoms with Crippen molar-refractivity contribution in [1.82, 2.24) is 4.98 Å². The average molecular weight is 218 g/mol. The third kappa shape index (κ3) is 2.52. The van der Waals surface area contributed by atoms with Gasteiger partial charge in [-0.15, -0.1) is 0 Å². The molecule has 1 heterocycles. The van der Waals surface area contributed by atoms with Crippen LogP contribution in [0.3, 0.4) is 0 Å². The van der Waals surface area contributed by atoms with E-state index in [-0.39, 0.29) is 5.82 Å². The lowest BCUT2D eigenvalue weighted by molar-refractivity contribution is -0.136. The van der Waals surface area contributed by atoms with Crippen molar-refractivity contribution in [2.45, 2.75) is 12.8 Å². The van der Waals surface area contributed by atoms with Crippen LogP contribution < -0.4 is 11.3 Å². The Bertz CT molecular complexity index is 442. The normalized spacial score (nSPS) is 10.6. The van der Waals surface area contributed by atoms with Gasteiger partial charge in [-0.1, -0.05) is 0 Å².